The first-order valence-corrected chi connectivity index (χ1v) is 7.21. The van der Waals surface area contributed by atoms with E-state index in [2.05, 4.69) is 4.90 Å². The number of rotatable bonds is 3. The number of carbonyl (C=O) groups excluding carboxylic acids is 1. The Morgan fingerprint density at radius 2 is 1.72 bits per heavy atom. The maximum Gasteiger partial charge on any atom is 0.180 e. The van der Waals surface area contributed by atoms with Crippen LogP contribution < -0.4 is 0 Å². The average molecular weight is 243 g/mol. The second kappa shape index (κ2) is 5.23. The van der Waals surface area contributed by atoms with E-state index in [0.717, 1.165) is 18.5 Å². The summed E-state index contributed by atoms with van der Waals surface area (Å²) in [6.07, 6.45) is 7.68. The predicted molar refractivity (Wildman–Crippen MR) is 72.8 cm³/mol. The van der Waals surface area contributed by atoms with E-state index in [1.807, 2.05) is 30.3 Å². The molecule has 0 bridgehead atoms. The lowest BCUT2D eigenvalue weighted by Crippen LogP contribution is -2.57. The van der Waals surface area contributed by atoms with Gasteiger partial charge in [0.15, 0.2) is 5.78 Å². The highest BCUT2D eigenvalue weighted by Gasteiger charge is 2.38. The van der Waals surface area contributed by atoms with Crippen LogP contribution in [0.5, 0.6) is 0 Å². The van der Waals surface area contributed by atoms with Crippen molar-refractivity contribution in [2.75, 3.05) is 6.54 Å². The van der Waals surface area contributed by atoms with Crippen LogP contribution in [-0.2, 0) is 0 Å². The third-order valence-electron chi connectivity index (χ3n) is 4.47. The van der Waals surface area contributed by atoms with E-state index in [1.165, 1.54) is 32.1 Å². The van der Waals surface area contributed by atoms with Crippen LogP contribution in [0.4, 0.5) is 0 Å². The molecule has 0 radical (unpaired) electrons. The Kier molecular flexibility index (Phi) is 3.46. The lowest BCUT2D eigenvalue weighted by atomic mass is 9.86. The van der Waals surface area contributed by atoms with Crippen LogP contribution in [0.15, 0.2) is 30.3 Å². The Morgan fingerprint density at radius 3 is 2.33 bits per heavy atom. The van der Waals surface area contributed by atoms with E-state index < -0.39 is 0 Å². The molecule has 18 heavy (non-hydrogen) atoms. The van der Waals surface area contributed by atoms with Gasteiger partial charge in [0.05, 0.1) is 6.04 Å². The minimum atomic E-state index is 0.163. The molecule has 1 aromatic carbocycles. The third-order valence-corrected chi connectivity index (χ3v) is 4.47. The summed E-state index contributed by atoms with van der Waals surface area (Å²) < 4.78 is 0. The Hall–Kier alpha value is -1.15. The van der Waals surface area contributed by atoms with E-state index >= 15 is 0 Å². The quantitative estimate of drug-likeness (QED) is 0.759. The Bertz CT molecular complexity index is 408. The van der Waals surface area contributed by atoms with E-state index in [1.54, 1.807) is 0 Å². The minimum absolute atomic E-state index is 0.163. The van der Waals surface area contributed by atoms with Crippen molar-refractivity contribution in [2.24, 2.45) is 0 Å². The second-order valence-electron chi connectivity index (χ2n) is 5.56. The molecule has 1 aromatic rings. The molecule has 1 aliphatic carbocycles. The molecule has 1 saturated heterocycles. The number of ketones is 1. The van der Waals surface area contributed by atoms with Crippen molar-refractivity contribution in [3.05, 3.63) is 35.9 Å². The Balaban J connectivity index is 1.68. The Morgan fingerprint density at radius 1 is 1.00 bits per heavy atom. The van der Waals surface area contributed by atoms with Crippen molar-refractivity contribution < 1.29 is 4.79 Å². The van der Waals surface area contributed by atoms with Crippen LogP contribution >= 0.6 is 0 Å². The van der Waals surface area contributed by atoms with E-state index in [9.17, 15) is 4.79 Å². The van der Waals surface area contributed by atoms with Gasteiger partial charge in [-0.25, -0.2) is 0 Å². The molecule has 0 aromatic heterocycles. The van der Waals surface area contributed by atoms with Gasteiger partial charge in [-0.05, 0) is 19.3 Å². The van der Waals surface area contributed by atoms with E-state index in [4.69, 9.17) is 0 Å². The van der Waals surface area contributed by atoms with Crippen LogP contribution in [0, 0.1) is 0 Å². The van der Waals surface area contributed by atoms with Crippen LogP contribution in [0.2, 0.25) is 0 Å². The normalized spacial score (nSPS) is 25.7. The predicted octanol–water partition coefficient (Wildman–Crippen LogP) is 3.28. The van der Waals surface area contributed by atoms with Crippen molar-refractivity contribution in [2.45, 2.75) is 50.6 Å². The smallest absolute Gasteiger partial charge is 0.180 e. The zero-order chi connectivity index (χ0) is 12.4. The Labute approximate surface area is 109 Å². The highest BCUT2D eigenvalue weighted by Crippen LogP contribution is 2.31. The molecule has 2 heteroatoms. The van der Waals surface area contributed by atoms with Gasteiger partial charge in [0.1, 0.15) is 0 Å². The molecule has 1 atom stereocenters. The lowest BCUT2D eigenvalue weighted by Gasteiger charge is -2.46. The topological polar surface area (TPSA) is 20.3 Å². The van der Waals surface area contributed by atoms with Gasteiger partial charge in [-0.1, -0.05) is 49.6 Å². The molecule has 1 saturated carbocycles. The molecule has 0 spiro atoms. The molecule has 2 aliphatic rings. The highest BCUT2D eigenvalue weighted by atomic mass is 16.1. The molecule has 2 nitrogen and oxygen atoms in total. The minimum Gasteiger partial charge on any atom is -0.292 e. The second-order valence-corrected chi connectivity index (χ2v) is 5.56. The fourth-order valence-electron chi connectivity index (χ4n) is 3.33. The summed E-state index contributed by atoms with van der Waals surface area (Å²) in [6, 6.07) is 10.6. The summed E-state index contributed by atoms with van der Waals surface area (Å²) in [6.45, 7) is 1.12. The number of carbonyl (C=O) groups is 1. The van der Waals surface area contributed by atoms with Gasteiger partial charge >= 0.3 is 0 Å². The van der Waals surface area contributed by atoms with Crippen LogP contribution in [0.1, 0.15) is 48.9 Å². The van der Waals surface area contributed by atoms with Gasteiger partial charge in [0, 0.05) is 18.2 Å². The number of Topliss-reactive ketones (excluding diaryl/α,β-unsaturated/α-hetero) is 1. The first kappa shape index (κ1) is 11.9. The first-order valence-electron chi connectivity index (χ1n) is 7.21. The fourth-order valence-corrected chi connectivity index (χ4v) is 3.33. The van der Waals surface area contributed by atoms with Gasteiger partial charge in [-0.2, -0.15) is 0 Å². The summed E-state index contributed by atoms with van der Waals surface area (Å²) in [4.78, 5) is 14.9. The summed E-state index contributed by atoms with van der Waals surface area (Å²) in [7, 11) is 0. The number of benzene rings is 1. The van der Waals surface area contributed by atoms with Crippen molar-refractivity contribution in [3.8, 4) is 0 Å². The average Bonchev–Trinajstić information content (AvgIpc) is 2.40. The summed E-state index contributed by atoms with van der Waals surface area (Å²) in [5.74, 6) is 0.326. The molecule has 0 amide bonds. The van der Waals surface area contributed by atoms with Crippen molar-refractivity contribution >= 4 is 5.78 Å². The van der Waals surface area contributed by atoms with Crippen molar-refractivity contribution in [1.82, 2.24) is 4.90 Å². The zero-order valence-electron chi connectivity index (χ0n) is 10.8. The fraction of sp³-hybridized carbons (Fsp3) is 0.562. The van der Waals surface area contributed by atoms with Gasteiger partial charge in [-0.15, -0.1) is 0 Å². The first-order chi connectivity index (χ1) is 8.86. The van der Waals surface area contributed by atoms with Crippen molar-refractivity contribution in [1.29, 1.82) is 0 Å². The van der Waals surface area contributed by atoms with Crippen LogP contribution in [0.25, 0.3) is 0 Å². The summed E-state index contributed by atoms with van der Waals surface area (Å²) in [5.41, 5.74) is 0.878. The molecule has 3 rings (SSSR count). The molecular formula is C16H21NO. The standard InChI is InChI=1S/C16H21NO/c18-16(13-7-3-1-4-8-13)15-11-12-17(15)14-9-5-2-6-10-14/h1,3-4,7-8,14-15H,2,5-6,9-12H2. The zero-order valence-corrected chi connectivity index (χ0v) is 10.8. The molecule has 0 N–H and O–H groups in total. The molecule has 1 aliphatic heterocycles. The summed E-state index contributed by atoms with van der Waals surface area (Å²) in [5, 5.41) is 0. The van der Waals surface area contributed by atoms with Gasteiger partial charge in [0.25, 0.3) is 0 Å². The van der Waals surface area contributed by atoms with E-state index in [0.29, 0.717) is 11.8 Å². The number of hydrogen-bond donors (Lipinski definition) is 0. The summed E-state index contributed by atoms with van der Waals surface area (Å²) >= 11 is 0. The third kappa shape index (κ3) is 2.22. The SMILES string of the molecule is O=C(c1ccccc1)C1CCN1C1CCCCC1. The van der Waals surface area contributed by atoms with Gasteiger partial charge < -0.3 is 0 Å². The number of likely N-dealkylation sites (tertiary alicyclic amines) is 1. The van der Waals surface area contributed by atoms with Gasteiger partial charge in [-0.3, -0.25) is 9.69 Å². The van der Waals surface area contributed by atoms with Gasteiger partial charge in [0.2, 0.25) is 0 Å². The van der Waals surface area contributed by atoms with Crippen molar-refractivity contribution in [3.63, 3.8) is 0 Å². The number of hydrogen-bond acceptors (Lipinski definition) is 2. The molecule has 96 valence electrons. The monoisotopic (exact) mass is 243 g/mol. The maximum absolute atomic E-state index is 12.4. The maximum atomic E-state index is 12.4. The molecule has 1 heterocycles. The largest absolute Gasteiger partial charge is 0.292 e. The molecular weight excluding hydrogens is 222 g/mol. The molecule has 2 fully saturated rings. The lowest BCUT2D eigenvalue weighted by molar-refractivity contribution is 0.0238. The van der Waals surface area contributed by atoms with Crippen LogP contribution in [0.3, 0.4) is 0 Å². The van der Waals surface area contributed by atoms with E-state index in [-0.39, 0.29) is 6.04 Å². The van der Waals surface area contributed by atoms with Crippen LogP contribution in [-0.4, -0.2) is 29.3 Å². The number of nitrogens with zero attached hydrogens (tertiary/aromatic N) is 1. The highest BCUT2D eigenvalue weighted by molar-refractivity contribution is 6.00. The molecule has 1 unspecified atom stereocenters.